The van der Waals surface area contributed by atoms with Crippen molar-refractivity contribution >= 4 is 40.2 Å². The maximum Gasteiger partial charge on any atom is 0.338 e. The average Bonchev–Trinajstić information content (AvgIpc) is 2.46. The number of ether oxygens (including phenoxy) is 1. The molecule has 0 saturated heterocycles. The van der Waals surface area contributed by atoms with Crippen molar-refractivity contribution in [1.29, 1.82) is 0 Å². The third-order valence-electron chi connectivity index (χ3n) is 3.25. The molecule has 0 spiro atoms. The van der Waals surface area contributed by atoms with Gasteiger partial charge in [-0.15, -0.1) is 0 Å². The summed E-state index contributed by atoms with van der Waals surface area (Å²) in [5.74, 6) is -0.849. The molecule has 0 bridgehead atoms. The summed E-state index contributed by atoms with van der Waals surface area (Å²) in [6.45, 7) is 5.43. The van der Waals surface area contributed by atoms with Crippen molar-refractivity contribution in [3.05, 3.63) is 62.2 Å². The van der Waals surface area contributed by atoms with Crippen LogP contribution in [0.1, 0.15) is 27.0 Å². The Balaban J connectivity index is 1.94. The van der Waals surface area contributed by atoms with Crippen molar-refractivity contribution in [2.75, 3.05) is 11.9 Å². The lowest BCUT2D eigenvalue weighted by Crippen LogP contribution is -2.21. The van der Waals surface area contributed by atoms with E-state index in [1.54, 1.807) is 12.1 Å². The fraction of sp³-hybridized carbons (Fsp3) is 0.222. The summed E-state index contributed by atoms with van der Waals surface area (Å²) in [7, 11) is 0. The first-order valence-corrected chi connectivity index (χ1v) is 8.24. The van der Waals surface area contributed by atoms with Gasteiger partial charge in [0.15, 0.2) is 6.61 Å². The number of anilines is 1. The lowest BCUT2D eigenvalue weighted by Gasteiger charge is -2.10. The van der Waals surface area contributed by atoms with Crippen LogP contribution in [0.5, 0.6) is 0 Å². The van der Waals surface area contributed by atoms with Crippen LogP contribution in [-0.4, -0.2) is 18.5 Å². The Hall–Kier alpha value is -1.89. The van der Waals surface area contributed by atoms with Gasteiger partial charge in [0.2, 0.25) is 0 Å². The van der Waals surface area contributed by atoms with E-state index < -0.39 is 5.97 Å². The second-order valence-electron chi connectivity index (χ2n) is 5.46. The van der Waals surface area contributed by atoms with Gasteiger partial charge in [-0.05, 0) is 79.3 Å². The van der Waals surface area contributed by atoms with Gasteiger partial charge in [-0.25, -0.2) is 4.79 Å². The zero-order valence-corrected chi connectivity index (χ0v) is 15.4. The number of rotatable bonds is 4. The Morgan fingerprint density at radius 1 is 1.04 bits per heavy atom. The normalized spacial score (nSPS) is 10.3. The second-order valence-corrected chi connectivity index (χ2v) is 6.71. The van der Waals surface area contributed by atoms with Crippen molar-refractivity contribution in [3.8, 4) is 0 Å². The third kappa shape index (κ3) is 5.06. The van der Waals surface area contributed by atoms with Gasteiger partial charge in [0.05, 0.1) is 5.56 Å². The van der Waals surface area contributed by atoms with Gasteiger partial charge in [-0.1, -0.05) is 17.2 Å². The zero-order chi connectivity index (χ0) is 17.0. The number of hydrogen-bond donors (Lipinski definition) is 1. The van der Waals surface area contributed by atoms with Gasteiger partial charge < -0.3 is 10.1 Å². The van der Waals surface area contributed by atoms with Crippen molar-refractivity contribution in [1.82, 2.24) is 0 Å². The van der Waals surface area contributed by atoms with Crippen LogP contribution >= 0.6 is 22.6 Å². The first-order chi connectivity index (χ1) is 10.8. The summed E-state index contributed by atoms with van der Waals surface area (Å²) in [4.78, 5) is 23.9. The Kier molecular flexibility index (Phi) is 5.76. The molecule has 0 heterocycles. The first-order valence-electron chi connectivity index (χ1n) is 7.16. The monoisotopic (exact) mass is 423 g/mol. The highest BCUT2D eigenvalue weighted by Crippen LogP contribution is 2.17. The summed E-state index contributed by atoms with van der Waals surface area (Å²) < 4.78 is 6.18. The Labute approximate surface area is 149 Å². The number of nitrogens with one attached hydrogen (secondary N) is 1. The van der Waals surface area contributed by atoms with Crippen LogP contribution < -0.4 is 5.32 Å². The van der Waals surface area contributed by atoms with Crippen LogP contribution in [0.15, 0.2) is 36.4 Å². The summed E-state index contributed by atoms with van der Waals surface area (Å²) in [5.41, 5.74) is 4.11. The summed E-state index contributed by atoms with van der Waals surface area (Å²) in [6, 6.07) is 11.2. The molecule has 0 atom stereocenters. The molecule has 23 heavy (non-hydrogen) atoms. The molecule has 2 aromatic rings. The van der Waals surface area contributed by atoms with Crippen molar-refractivity contribution in [2.24, 2.45) is 0 Å². The van der Waals surface area contributed by atoms with Crippen molar-refractivity contribution < 1.29 is 14.3 Å². The molecule has 1 amide bonds. The number of amides is 1. The lowest BCUT2D eigenvalue weighted by molar-refractivity contribution is -0.119. The Morgan fingerprint density at radius 3 is 2.30 bits per heavy atom. The molecule has 0 aliphatic carbocycles. The van der Waals surface area contributed by atoms with E-state index in [1.807, 2.05) is 45.0 Å². The molecule has 4 nitrogen and oxygen atoms in total. The minimum Gasteiger partial charge on any atom is -0.452 e. The highest BCUT2D eigenvalue weighted by Gasteiger charge is 2.12. The van der Waals surface area contributed by atoms with Gasteiger partial charge in [0, 0.05) is 9.26 Å². The maximum atomic E-state index is 12.0. The topological polar surface area (TPSA) is 55.4 Å². The Bertz CT molecular complexity index is 736. The molecular formula is C18H18INO3. The number of hydrogen-bond acceptors (Lipinski definition) is 3. The highest BCUT2D eigenvalue weighted by atomic mass is 127. The molecule has 0 unspecified atom stereocenters. The molecule has 0 aliphatic heterocycles. The minimum absolute atomic E-state index is 0.308. The summed E-state index contributed by atoms with van der Waals surface area (Å²) in [6.07, 6.45) is 0. The smallest absolute Gasteiger partial charge is 0.338 e. The second kappa shape index (κ2) is 7.59. The van der Waals surface area contributed by atoms with Crippen LogP contribution in [0.3, 0.4) is 0 Å². The SMILES string of the molecule is Cc1cc(C)cc(C(=O)OCC(=O)Nc2ccc(I)cc2C)c1. The summed E-state index contributed by atoms with van der Waals surface area (Å²) in [5, 5.41) is 2.75. The van der Waals surface area contributed by atoms with Crippen molar-refractivity contribution in [2.45, 2.75) is 20.8 Å². The molecule has 5 heteroatoms. The van der Waals surface area contributed by atoms with E-state index in [-0.39, 0.29) is 12.5 Å². The number of benzene rings is 2. The molecule has 0 aliphatic rings. The van der Waals surface area contributed by atoms with E-state index in [2.05, 4.69) is 27.9 Å². The molecule has 2 aromatic carbocycles. The van der Waals surface area contributed by atoms with Crippen LogP contribution in [0, 0.1) is 24.3 Å². The third-order valence-corrected chi connectivity index (χ3v) is 3.93. The molecule has 1 N–H and O–H groups in total. The first kappa shape index (κ1) is 17.5. The predicted molar refractivity (Wildman–Crippen MR) is 98.7 cm³/mol. The average molecular weight is 423 g/mol. The number of carbonyl (C=O) groups is 2. The van der Waals surface area contributed by atoms with E-state index in [4.69, 9.17) is 4.74 Å². The molecule has 120 valence electrons. The van der Waals surface area contributed by atoms with Gasteiger partial charge in [0.1, 0.15) is 0 Å². The fourth-order valence-corrected chi connectivity index (χ4v) is 2.91. The maximum absolute atomic E-state index is 12.0. The zero-order valence-electron chi connectivity index (χ0n) is 13.3. The van der Waals surface area contributed by atoms with Gasteiger partial charge in [-0.2, -0.15) is 0 Å². The van der Waals surface area contributed by atoms with E-state index in [0.29, 0.717) is 5.56 Å². The fourth-order valence-electron chi connectivity index (χ4n) is 2.26. The van der Waals surface area contributed by atoms with E-state index in [9.17, 15) is 9.59 Å². The van der Waals surface area contributed by atoms with Crippen molar-refractivity contribution in [3.63, 3.8) is 0 Å². The molecule has 0 saturated carbocycles. The number of carbonyl (C=O) groups excluding carboxylic acids is 2. The number of aryl methyl sites for hydroxylation is 3. The quantitative estimate of drug-likeness (QED) is 0.598. The highest BCUT2D eigenvalue weighted by molar-refractivity contribution is 14.1. The minimum atomic E-state index is -0.494. The molecule has 0 fully saturated rings. The van der Waals surface area contributed by atoms with Crippen LogP contribution in [-0.2, 0) is 9.53 Å². The van der Waals surface area contributed by atoms with Crippen LogP contribution in [0.4, 0.5) is 5.69 Å². The van der Waals surface area contributed by atoms with E-state index >= 15 is 0 Å². The lowest BCUT2D eigenvalue weighted by atomic mass is 10.1. The van der Waals surface area contributed by atoms with E-state index in [1.165, 1.54) is 0 Å². The van der Waals surface area contributed by atoms with Gasteiger partial charge >= 0.3 is 5.97 Å². The number of esters is 1. The van der Waals surface area contributed by atoms with E-state index in [0.717, 1.165) is 25.9 Å². The molecule has 2 rings (SSSR count). The largest absolute Gasteiger partial charge is 0.452 e. The standard InChI is InChI=1S/C18H18INO3/c1-11-6-12(2)8-14(7-11)18(22)23-10-17(21)20-16-5-4-15(19)9-13(16)3/h4-9H,10H2,1-3H3,(H,20,21). The Morgan fingerprint density at radius 2 is 1.70 bits per heavy atom. The predicted octanol–water partition coefficient (Wildman–Crippen LogP) is 4.01. The number of halogens is 1. The molecule has 0 aromatic heterocycles. The van der Waals surface area contributed by atoms with Gasteiger partial charge in [0.25, 0.3) is 5.91 Å². The molecule has 0 radical (unpaired) electrons. The summed E-state index contributed by atoms with van der Waals surface area (Å²) >= 11 is 2.21. The molecular weight excluding hydrogens is 405 g/mol. The van der Waals surface area contributed by atoms with Gasteiger partial charge in [-0.3, -0.25) is 4.79 Å². The van der Waals surface area contributed by atoms with Crippen LogP contribution in [0.2, 0.25) is 0 Å². The van der Waals surface area contributed by atoms with Crippen LogP contribution in [0.25, 0.3) is 0 Å².